The first-order valence-corrected chi connectivity index (χ1v) is 10.3. The van der Waals surface area contributed by atoms with E-state index in [-0.39, 0.29) is 24.4 Å². The minimum atomic E-state index is -0.533. The maximum atomic E-state index is 12.1. The van der Waals surface area contributed by atoms with Gasteiger partial charge >= 0.3 is 0 Å². The van der Waals surface area contributed by atoms with Crippen molar-refractivity contribution in [3.63, 3.8) is 0 Å². The van der Waals surface area contributed by atoms with Crippen LogP contribution in [0.4, 0.5) is 11.4 Å². The van der Waals surface area contributed by atoms with Gasteiger partial charge in [0.2, 0.25) is 5.91 Å². The fourth-order valence-corrected chi connectivity index (χ4v) is 3.33. The molecular formula is C22H17BrN4O6. The van der Waals surface area contributed by atoms with Crippen LogP contribution in [0, 0.1) is 20.2 Å². The number of nitro groups is 2. The molecule has 0 radical (unpaired) electrons. The van der Waals surface area contributed by atoms with E-state index in [2.05, 4.69) is 26.5 Å². The Bertz CT molecular complexity index is 1210. The van der Waals surface area contributed by atoms with E-state index in [0.717, 1.165) is 5.56 Å². The Morgan fingerprint density at radius 3 is 2.42 bits per heavy atom. The van der Waals surface area contributed by atoms with Crippen LogP contribution in [0.1, 0.15) is 16.7 Å². The molecule has 0 unspecified atom stereocenters. The molecule has 0 bridgehead atoms. The van der Waals surface area contributed by atoms with Crippen molar-refractivity contribution in [2.45, 2.75) is 13.0 Å². The van der Waals surface area contributed by atoms with Crippen LogP contribution in [0.25, 0.3) is 0 Å². The van der Waals surface area contributed by atoms with Crippen LogP contribution in [0.3, 0.4) is 0 Å². The average molecular weight is 513 g/mol. The summed E-state index contributed by atoms with van der Waals surface area (Å²) in [4.78, 5) is 32.8. The molecule has 0 aromatic heterocycles. The highest BCUT2D eigenvalue weighted by Crippen LogP contribution is 2.26. The predicted octanol–water partition coefficient (Wildman–Crippen LogP) is 4.54. The molecule has 33 heavy (non-hydrogen) atoms. The van der Waals surface area contributed by atoms with E-state index in [1.807, 2.05) is 0 Å². The van der Waals surface area contributed by atoms with E-state index in [9.17, 15) is 25.0 Å². The Morgan fingerprint density at radius 2 is 1.76 bits per heavy atom. The van der Waals surface area contributed by atoms with Crippen LogP contribution in [0.5, 0.6) is 5.75 Å². The zero-order chi connectivity index (χ0) is 23.8. The van der Waals surface area contributed by atoms with Crippen molar-refractivity contribution < 1.29 is 19.4 Å². The van der Waals surface area contributed by atoms with E-state index in [1.165, 1.54) is 36.5 Å². The van der Waals surface area contributed by atoms with Gasteiger partial charge in [-0.05, 0) is 57.4 Å². The molecule has 0 aliphatic heterocycles. The summed E-state index contributed by atoms with van der Waals surface area (Å²) in [7, 11) is 0. The summed E-state index contributed by atoms with van der Waals surface area (Å²) >= 11 is 3.41. The maximum absolute atomic E-state index is 12.1. The topological polar surface area (TPSA) is 137 Å². The van der Waals surface area contributed by atoms with Gasteiger partial charge in [-0.3, -0.25) is 25.0 Å². The van der Waals surface area contributed by atoms with Gasteiger partial charge in [0.05, 0.1) is 27.0 Å². The number of non-ortho nitro benzene ring substituents is 1. The predicted molar refractivity (Wildman–Crippen MR) is 124 cm³/mol. The van der Waals surface area contributed by atoms with E-state index in [0.29, 0.717) is 21.3 Å². The first-order valence-electron chi connectivity index (χ1n) is 9.53. The van der Waals surface area contributed by atoms with Crippen molar-refractivity contribution in [1.82, 2.24) is 5.43 Å². The normalized spacial score (nSPS) is 10.7. The highest BCUT2D eigenvalue weighted by Gasteiger charge is 2.15. The van der Waals surface area contributed by atoms with E-state index >= 15 is 0 Å². The number of ether oxygens (including phenoxy) is 1. The summed E-state index contributed by atoms with van der Waals surface area (Å²) in [6.45, 7) is 0.228. The standard InChI is InChI=1S/C22H17BrN4O6/c23-19-11-16(7-10-21(19)33-14-15-5-8-18(9-6-15)26(29)30)13-24-25-22(28)12-17-3-1-2-4-20(17)27(31)32/h1-11,13H,12,14H2,(H,25,28)/b24-13+. The largest absolute Gasteiger partial charge is 0.488 e. The van der Waals surface area contributed by atoms with E-state index < -0.39 is 15.8 Å². The number of benzene rings is 3. The summed E-state index contributed by atoms with van der Waals surface area (Å²) in [5, 5.41) is 25.6. The zero-order valence-electron chi connectivity index (χ0n) is 17.0. The minimum Gasteiger partial charge on any atom is -0.488 e. The number of hydrogen-bond acceptors (Lipinski definition) is 7. The molecule has 1 amide bonds. The molecule has 10 nitrogen and oxygen atoms in total. The molecule has 3 rings (SSSR count). The summed E-state index contributed by atoms with van der Waals surface area (Å²) in [6.07, 6.45) is 1.26. The Kier molecular flexibility index (Phi) is 7.82. The van der Waals surface area contributed by atoms with Crippen molar-refractivity contribution >= 4 is 39.4 Å². The van der Waals surface area contributed by atoms with Crippen LogP contribution in [-0.2, 0) is 17.8 Å². The van der Waals surface area contributed by atoms with Gasteiger partial charge in [0.1, 0.15) is 12.4 Å². The second-order valence-corrected chi connectivity index (χ2v) is 7.61. The van der Waals surface area contributed by atoms with Gasteiger partial charge in [0.15, 0.2) is 0 Å². The second-order valence-electron chi connectivity index (χ2n) is 6.76. The number of amides is 1. The van der Waals surface area contributed by atoms with Gasteiger partial charge in [0.25, 0.3) is 11.4 Å². The van der Waals surface area contributed by atoms with Gasteiger partial charge in [-0.25, -0.2) is 5.43 Å². The van der Waals surface area contributed by atoms with Crippen molar-refractivity contribution in [2.24, 2.45) is 5.10 Å². The second kappa shape index (κ2) is 11.0. The lowest BCUT2D eigenvalue weighted by Crippen LogP contribution is -2.20. The zero-order valence-corrected chi connectivity index (χ0v) is 18.6. The summed E-state index contributed by atoms with van der Waals surface area (Å²) < 4.78 is 6.38. The first-order chi connectivity index (χ1) is 15.8. The van der Waals surface area contributed by atoms with Crippen molar-refractivity contribution in [3.8, 4) is 5.75 Å². The van der Waals surface area contributed by atoms with Gasteiger partial charge < -0.3 is 4.74 Å². The molecule has 11 heteroatoms. The molecule has 0 saturated heterocycles. The van der Waals surface area contributed by atoms with E-state index in [4.69, 9.17) is 4.74 Å². The number of nitrogens with zero attached hydrogens (tertiary/aromatic N) is 3. The lowest BCUT2D eigenvalue weighted by molar-refractivity contribution is -0.385. The molecule has 3 aromatic rings. The third-order valence-electron chi connectivity index (χ3n) is 4.44. The Morgan fingerprint density at radius 1 is 1.03 bits per heavy atom. The number of hydrazone groups is 1. The lowest BCUT2D eigenvalue weighted by atomic mass is 10.1. The number of rotatable bonds is 9. The summed E-state index contributed by atoms with van der Waals surface area (Å²) in [6, 6.07) is 17.3. The fourth-order valence-electron chi connectivity index (χ4n) is 2.82. The van der Waals surface area contributed by atoms with Crippen LogP contribution < -0.4 is 10.2 Å². The number of nitrogens with one attached hydrogen (secondary N) is 1. The molecule has 0 saturated carbocycles. The first kappa shape index (κ1) is 23.5. The highest BCUT2D eigenvalue weighted by molar-refractivity contribution is 9.10. The van der Waals surface area contributed by atoms with Crippen LogP contribution in [0.15, 0.2) is 76.3 Å². The van der Waals surface area contributed by atoms with Crippen LogP contribution >= 0.6 is 15.9 Å². The SMILES string of the molecule is O=C(Cc1ccccc1[N+](=O)[O-])N/N=C/c1ccc(OCc2ccc([N+](=O)[O-])cc2)c(Br)c1. The number of nitro benzene ring substituents is 2. The maximum Gasteiger partial charge on any atom is 0.273 e. The van der Waals surface area contributed by atoms with Crippen molar-refractivity contribution in [1.29, 1.82) is 0 Å². The summed E-state index contributed by atoms with van der Waals surface area (Å²) in [5.41, 5.74) is 4.00. The Labute approximate surface area is 196 Å². The molecule has 0 heterocycles. The minimum absolute atomic E-state index is 0.0117. The third-order valence-corrected chi connectivity index (χ3v) is 5.06. The molecule has 0 fully saturated rings. The van der Waals surface area contributed by atoms with E-state index in [1.54, 1.807) is 36.4 Å². The molecule has 3 aromatic carbocycles. The van der Waals surface area contributed by atoms with Crippen LogP contribution in [0.2, 0.25) is 0 Å². The molecule has 0 aliphatic carbocycles. The van der Waals surface area contributed by atoms with Gasteiger partial charge in [-0.2, -0.15) is 5.10 Å². The molecule has 0 spiro atoms. The highest BCUT2D eigenvalue weighted by atomic mass is 79.9. The van der Waals surface area contributed by atoms with Gasteiger partial charge in [0, 0.05) is 23.8 Å². The van der Waals surface area contributed by atoms with Crippen molar-refractivity contribution in [2.75, 3.05) is 0 Å². The molecule has 0 aliphatic rings. The Hall–Kier alpha value is -4.12. The Balaban J connectivity index is 1.54. The molecule has 168 valence electrons. The number of halogens is 1. The number of para-hydroxylation sites is 1. The smallest absolute Gasteiger partial charge is 0.273 e. The monoisotopic (exact) mass is 512 g/mol. The third kappa shape index (κ3) is 6.68. The summed E-state index contributed by atoms with van der Waals surface area (Å²) in [5.74, 6) is 0.0774. The fraction of sp³-hybridized carbons (Fsp3) is 0.0909. The average Bonchev–Trinajstić information content (AvgIpc) is 2.79. The molecular weight excluding hydrogens is 496 g/mol. The van der Waals surface area contributed by atoms with Crippen LogP contribution in [-0.4, -0.2) is 22.0 Å². The number of carbonyl (C=O) groups excluding carboxylic acids is 1. The van der Waals surface area contributed by atoms with Gasteiger partial charge in [-0.1, -0.05) is 18.2 Å². The lowest BCUT2D eigenvalue weighted by Gasteiger charge is -2.09. The number of hydrogen-bond donors (Lipinski definition) is 1. The molecule has 1 N–H and O–H groups in total. The van der Waals surface area contributed by atoms with Gasteiger partial charge in [-0.15, -0.1) is 0 Å². The van der Waals surface area contributed by atoms with Crippen molar-refractivity contribution in [3.05, 3.63) is 108 Å². The number of carbonyl (C=O) groups is 1. The quantitative estimate of drug-likeness (QED) is 0.254. The molecule has 0 atom stereocenters.